The molecule has 2 heterocycles. The summed E-state index contributed by atoms with van der Waals surface area (Å²) in [7, 11) is 0. The van der Waals surface area contributed by atoms with Crippen LogP contribution in [-0.2, 0) is 0 Å². The normalized spacial score (nSPS) is 15.3. The molecule has 1 aromatic heterocycles. The Labute approximate surface area is 163 Å². The summed E-state index contributed by atoms with van der Waals surface area (Å²) in [6.07, 6.45) is -0.256. The molecule has 3 aromatic rings. The Kier molecular flexibility index (Phi) is 4.73. The number of para-hydroxylation sites is 2. The van der Waals surface area contributed by atoms with Crippen LogP contribution in [0.5, 0.6) is 11.5 Å². The Hall–Kier alpha value is -3.35. The summed E-state index contributed by atoms with van der Waals surface area (Å²) in [4.78, 5) is 14.1. The molecule has 0 spiro atoms. The molecule has 7 heteroatoms. The fourth-order valence-corrected chi connectivity index (χ4v) is 3.18. The van der Waals surface area contributed by atoms with Gasteiger partial charge < -0.3 is 14.8 Å². The number of benzene rings is 2. The Balaban J connectivity index is 1.44. The largest absolute Gasteiger partial charge is 0.486 e. The molecular formula is C21H22N4O3. The van der Waals surface area contributed by atoms with Gasteiger partial charge in [-0.2, -0.15) is 9.90 Å². The smallest absolute Gasteiger partial charge is 0.273 e. The lowest BCUT2D eigenvalue weighted by molar-refractivity contribution is 0.0786. The van der Waals surface area contributed by atoms with Crippen LogP contribution in [0.4, 0.5) is 0 Å². The van der Waals surface area contributed by atoms with Crippen LogP contribution in [0.2, 0.25) is 0 Å². The van der Waals surface area contributed by atoms with E-state index < -0.39 is 0 Å². The van der Waals surface area contributed by atoms with E-state index in [1.54, 1.807) is 6.92 Å². The zero-order valence-corrected chi connectivity index (χ0v) is 16.1. The number of carbonyl (C=O) groups is 1. The minimum absolute atomic E-state index is 0.256. The third kappa shape index (κ3) is 3.55. The fraction of sp³-hybridized carbons (Fsp3) is 0.286. The highest BCUT2D eigenvalue weighted by molar-refractivity contribution is 5.93. The molecule has 1 amide bonds. The van der Waals surface area contributed by atoms with Gasteiger partial charge >= 0.3 is 0 Å². The van der Waals surface area contributed by atoms with Crippen molar-refractivity contribution in [2.45, 2.75) is 26.9 Å². The van der Waals surface area contributed by atoms with Crippen LogP contribution in [0.15, 0.2) is 42.5 Å². The average molecular weight is 378 g/mol. The van der Waals surface area contributed by atoms with Gasteiger partial charge in [0, 0.05) is 0 Å². The molecule has 0 unspecified atom stereocenters. The quantitative estimate of drug-likeness (QED) is 0.755. The minimum atomic E-state index is -0.282. The van der Waals surface area contributed by atoms with Gasteiger partial charge in [-0.25, -0.2) is 0 Å². The molecule has 0 bridgehead atoms. The molecule has 28 heavy (non-hydrogen) atoms. The maximum absolute atomic E-state index is 12.6. The first-order valence-corrected chi connectivity index (χ1v) is 9.19. The summed E-state index contributed by atoms with van der Waals surface area (Å²) in [6.45, 7) is 6.51. The topological polar surface area (TPSA) is 78.3 Å². The molecule has 0 fully saturated rings. The molecule has 0 saturated carbocycles. The van der Waals surface area contributed by atoms with Crippen LogP contribution in [-0.4, -0.2) is 40.2 Å². The number of rotatable bonds is 4. The van der Waals surface area contributed by atoms with E-state index in [0.717, 1.165) is 17.0 Å². The van der Waals surface area contributed by atoms with Crippen molar-refractivity contribution in [2.24, 2.45) is 0 Å². The van der Waals surface area contributed by atoms with E-state index in [2.05, 4.69) is 21.6 Å². The number of aryl methyl sites for hydroxylation is 3. The van der Waals surface area contributed by atoms with Crippen LogP contribution < -0.4 is 14.8 Å². The van der Waals surface area contributed by atoms with Gasteiger partial charge in [-0.3, -0.25) is 4.79 Å². The molecule has 4 rings (SSSR count). The summed E-state index contributed by atoms with van der Waals surface area (Å²) in [5, 5.41) is 11.7. The maximum atomic E-state index is 12.6. The SMILES string of the molecule is Cc1ccc(-n2nc(C)c(C(=O)NC[C@@H]3COc4ccccc4O3)n2)c(C)c1. The number of amides is 1. The summed E-state index contributed by atoms with van der Waals surface area (Å²) in [6, 6.07) is 13.5. The molecule has 0 saturated heterocycles. The highest BCUT2D eigenvalue weighted by Gasteiger charge is 2.23. The molecule has 0 radical (unpaired) electrons. The van der Waals surface area contributed by atoms with Crippen LogP contribution in [0.3, 0.4) is 0 Å². The van der Waals surface area contributed by atoms with Gasteiger partial charge in [-0.05, 0) is 44.5 Å². The van der Waals surface area contributed by atoms with Gasteiger partial charge in [0.1, 0.15) is 12.7 Å². The number of aromatic nitrogens is 3. The van der Waals surface area contributed by atoms with E-state index in [-0.39, 0.29) is 12.0 Å². The molecule has 1 atom stereocenters. The first-order chi connectivity index (χ1) is 13.5. The van der Waals surface area contributed by atoms with Crippen LogP contribution in [0.25, 0.3) is 5.69 Å². The lowest BCUT2D eigenvalue weighted by Crippen LogP contribution is -2.41. The van der Waals surface area contributed by atoms with Crippen LogP contribution in [0, 0.1) is 20.8 Å². The zero-order valence-electron chi connectivity index (χ0n) is 16.1. The number of nitrogens with one attached hydrogen (secondary N) is 1. The van der Waals surface area contributed by atoms with Gasteiger partial charge in [-0.1, -0.05) is 29.8 Å². The number of carbonyl (C=O) groups excluding carboxylic acids is 1. The minimum Gasteiger partial charge on any atom is -0.486 e. The highest BCUT2D eigenvalue weighted by Crippen LogP contribution is 2.30. The van der Waals surface area contributed by atoms with Crippen molar-refractivity contribution >= 4 is 5.91 Å². The van der Waals surface area contributed by atoms with E-state index in [0.29, 0.717) is 30.3 Å². The molecule has 1 aliphatic rings. The molecule has 7 nitrogen and oxygen atoms in total. The lowest BCUT2D eigenvalue weighted by Gasteiger charge is -2.26. The van der Waals surface area contributed by atoms with Crippen molar-refractivity contribution in [2.75, 3.05) is 13.2 Å². The van der Waals surface area contributed by atoms with Crippen molar-refractivity contribution in [3.63, 3.8) is 0 Å². The Morgan fingerprint density at radius 2 is 1.93 bits per heavy atom. The van der Waals surface area contributed by atoms with Crippen LogP contribution >= 0.6 is 0 Å². The summed E-state index contributed by atoms with van der Waals surface area (Å²) in [5.74, 6) is 1.12. The van der Waals surface area contributed by atoms with Crippen molar-refractivity contribution < 1.29 is 14.3 Å². The number of fused-ring (bicyclic) bond motifs is 1. The molecule has 2 aromatic carbocycles. The van der Waals surface area contributed by atoms with Crippen LogP contribution in [0.1, 0.15) is 27.3 Å². The first kappa shape index (κ1) is 18.0. The zero-order chi connectivity index (χ0) is 19.7. The van der Waals surface area contributed by atoms with E-state index in [1.165, 1.54) is 10.4 Å². The van der Waals surface area contributed by atoms with E-state index in [9.17, 15) is 4.79 Å². The van der Waals surface area contributed by atoms with Gasteiger partial charge in [0.05, 0.1) is 17.9 Å². The Morgan fingerprint density at radius 1 is 1.14 bits per heavy atom. The van der Waals surface area contributed by atoms with Crippen molar-refractivity contribution in [1.29, 1.82) is 0 Å². The maximum Gasteiger partial charge on any atom is 0.273 e. The summed E-state index contributed by atoms with van der Waals surface area (Å²) < 4.78 is 11.5. The second kappa shape index (κ2) is 7.34. The molecule has 0 aliphatic carbocycles. The Bertz CT molecular complexity index is 1030. The third-order valence-electron chi connectivity index (χ3n) is 4.62. The second-order valence-corrected chi connectivity index (χ2v) is 6.92. The number of ether oxygens (including phenoxy) is 2. The molecule has 144 valence electrons. The molecule has 1 aliphatic heterocycles. The fourth-order valence-electron chi connectivity index (χ4n) is 3.18. The molecular weight excluding hydrogens is 356 g/mol. The first-order valence-electron chi connectivity index (χ1n) is 9.19. The second-order valence-electron chi connectivity index (χ2n) is 6.92. The number of hydrogen-bond donors (Lipinski definition) is 1. The van der Waals surface area contributed by atoms with E-state index in [4.69, 9.17) is 9.47 Å². The lowest BCUT2D eigenvalue weighted by atomic mass is 10.1. The van der Waals surface area contributed by atoms with E-state index in [1.807, 2.05) is 50.2 Å². The highest BCUT2D eigenvalue weighted by atomic mass is 16.6. The predicted octanol–water partition coefficient (Wildman–Crippen LogP) is 2.76. The average Bonchev–Trinajstić information content (AvgIpc) is 3.07. The van der Waals surface area contributed by atoms with Gasteiger partial charge in [0.15, 0.2) is 17.2 Å². The molecule has 1 N–H and O–H groups in total. The summed E-state index contributed by atoms with van der Waals surface area (Å²) in [5.41, 5.74) is 3.95. The predicted molar refractivity (Wildman–Crippen MR) is 104 cm³/mol. The van der Waals surface area contributed by atoms with E-state index >= 15 is 0 Å². The summed E-state index contributed by atoms with van der Waals surface area (Å²) >= 11 is 0. The number of hydrogen-bond acceptors (Lipinski definition) is 5. The van der Waals surface area contributed by atoms with Crippen molar-refractivity contribution in [3.8, 4) is 17.2 Å². The van der Waals surface area contributed by atoms with Crippen molar-refractivity contribution in [1.82, 2.24) is 20.3 Å². The standard InChI is InChI=1S/C21H22N4O3/c1-13-8-9-17(14(2)10-13)25-23-15(3)20(24-25)21(26)22-11-16-12-27-18-6-4-5-7-19(18)28-16/h4-10,16H,11-12H2,1-3H3,(H,22,26)/t16-/m1/s1. The van der Waals surface area contributed by atoms with Crippen molar-refractivity contribution in [3.05, 3.63) is 65.0 Å². The monoisotopic (exact) mass is 378 g/mol. The van der Waals surface area contributed by atoms with Gasteiger partial charge in [0.25, 0.3) is 5.91 Å². The number of nitrogens with zero attached hydrogens (tertiary/aromatic N) is 3. The third-order valence-corrected chi connectivity index (χ3v) is 4.62. The Morgan fingerprint density at radius 3 is 2.71 bits per heavy atom. The van der Waals surface area contributed by atoms with Gasteiger partial charge in [0.2, 0.25) is 0 Å². The van der Waals surface area contributed by atoms with Gasteiger partial charge in [-0.15, -0.1) is 5.10 Å².